The highest BCUT2D eigenvalue weighted by atomic mass is 16.5. The van der Waals surface area contributed by atoms with E-state index in [4.69, 9.17) is 14.5 Å². The van der Waals surface area contributed by atoms with E-state index >= 15 is 0 Å². The number of rotatable bonds is 8. The maximum absolute atomic E-state index is 5.75. The van der Waals surface area contributed by atoms with Crippen molar-refractivity contribution in [1.29, 1.82) is 0 Å². The summed E-state index contributed by atoms with van der Waals surface area (Å²) in [5, 5.41) is 0. The monoisotopic (exact) mass is 355 g/mol. The molecule has 2 heterocycles. The van der Waals surface area contributed by atoms with E-state index in [1.807, 2.05) is 26.1 Å². The van der Waals surface area contributed by atoms with Crippen LogP contribution in [0.2, 0.25) is 0 Å². The van der Waals surface area contributed by atoms with E-state index in [2.05, 4.69) is 28.9 Å². The molecule has 0 aliphatic carbocycles. The van der Waals surface area contributed by atoms with Gasteiger partial charge in [-0.05, 0) is 38.0 Å². The lowest BCUT2D eigenvalue weighted by molar-refractivity contribution is 0.241. The Labute approximate surface area is 156 Å². The highest BCUT2D eigenvalue weighted by Gasteiger charge is 2.19. The van der Waals surface area contributed by atoms with Gasteiger partial charge in [0.25, 0.3) is 0 Å². The zero-order chi connectivity index (χ0) is 18.4. The van der Waals surface area contributed by atoms with Crippen molar-refractivity contribution in [3.05, 3.63) is 47.0 Å². The van der Waals surface area contributed by atoms with Gasteiger partial charge in [0, 0.05) is 49.9 Å². The number of hydrogen-bond acceptors (Lipinski definition) is 5. The van der Waals surface area contributed by atoms with Crippen molar-refractivity contribution in [3.63, 3.8) is 0 Å². The summed E-state index contributed by atoms with van der Waals surface area (Å²) in [6, 6.07) is 6.25. The molecule has 1 aliphatic rings. The molecule has 0 spiro atoms. The van der Waals surface area contributed by atoms with Crippen molar-refractivity contribution in [1.82, 2.24) is 14.9 Å². The summed E-state index contributed by atoms with van der Waals surface area (Å²) in [7, 11) is 0. The van der Waals surface area contributed by atoms with Gasteiger partial charge < -0.3 is 9.47 Å². The molecule has 0 fully saturated rings. The van der Waals surface area contributed by atoms with E-state index in [9.17, 15) is 0 Å². The Morgan fingerprint density at radius 2 is 1.88 bits per heavy atom. The minimum Gasteiger partial charge on any atom is -0.490 e. The summed E-state index contributed by atoms with van der Waals surface area (Å²) in [6.07, 6.45) is 5.06. The van der Waals surface area contributed by atoms with Crippen molar-refractivity contribution >= 4 is 0 Å². The largest absolute Gasteiger partial charge is 0.490 e. The van der Waals surface area contributed by atoms with Gasteiger partial charge in [-0.15, -0.1) is 0 Å². The van der Waals surface area contributed by atoms with Crippen molar-refractivity contribution < 1.29 is 9.47 Å². The first-order valence-corrected chi connectivity index (χ1v) is 9.68. The molecule has 5 nitrogen and oxygen atoms in total. The summed E-state index contributed by atoms with van der Waals surface area (Å²) >= 11 is 0. The first-order valence-electron chi connectivity index (χ1n) is 9.68. The highest BCUT2D eigenvalue weighted by molar-refractivity contribution is 5.43. The van der Waals surface area contributed by atoms with E-state index in [0.717, 1.165) is 56.2 Å². The van der Waals surface area contributed by atoms with Crippen LogP contribution in [0, 0.1) is 0 Å². The van der Waals surface area contributed by atoms with E-state index in [1.165, 1.54) is 16.8 Å². The minimum atomic E-state index is 0.637. The fourth-order valence-corrected chi connectivity index (χ4v) is 3.35. The molecule has 0 saturated heterocycles. The molecule has 0 amide bonds. The molecule has 1 aromatic carbocycles. The van der Waals surface area contributed by atoms with Crippen LogP contribution in [0.5, 0.6) is 11.5 Å². The maximum Gasteiger partial charge on any atom is 0.161 e. The van der Waals surface area contributed by atoms with Crippen LogP contribution in [-0.4, -0.2) is 34.6 Å². The number of aromatic nitrogens is 2. The Balaban J connectivity index is 1.69. The molecule has 2 aromatic rings. The Morgan fingerprint density at radius 3 is 2.65 bits per heavy atom. The third-order valence-corrected chi connectivity index (χ3v) is 4.55. The number of benzene rings is 1. The average Bonchev–Trinajstić information content (AvgIpc) is 2.64. The predicted molar refractivity (Wildman–Crippen MR) is 103 cm³/mol. The predicted octanol–water partition coefficient (Wildman–Crippen LogP) is 3.78. The smallest absolute Gasteiger partial charge is 0.161 e. The van der Waals surface area contributed by atoms with Crippen LogP contribution in [0.4, 0.5) is 0 Å². The molecule has 0 unspecified atom stereocenters. The van der Waals surface area contributed by atoms with Crippen LogP contribution in [0.25, 0.3) is 0 Å². The Bertz CT molecular complexity index is 733. The zero-order valence-corrected chi connectivity index (χ0v) is 16.1. The molecular formula is C21H29N3O2. The van der Waals surface area contributed by atoms with Crippen molar-refractivity contribution in [2.24, 2.45) is 0 Å². The van der Waals surface area contributed by atoms with E-state index in [-0.39, 0.29) is 0 Å². The SMILES string of the molecule is CCCc1ncc2c(n1)CCN(Cc1ccc(OCC)c(OCC)c1)C2. The fourth-order valence-electron chi connectivity index (χ4n) is 3.35. The second-order valence-corrected chi connectivity index (χ2v) is 6.62. The van der Waals surface area contributed by atoms with Crippen LogP contribution in [0.15, 0.2) is 24.4 Å². The Morgan fingerprint density at radius 1 is 1.08 bits per heavy atom. The molecule has 0 atom stereocenters. The van der Waals surface area contributed by atoms with Gasteiger partial charge in [-0.3, -0.25) is 4.90 Å². The van der Waals surface area contributed by atoms with Gasteiger partial charge >= 0.3 is 0 Å². The van der Waals surface area contributed by atoms with Gasteiger partial charge in [-0.2, -0.15) is 0 Å². The third kappa shape index (κ3) is 4.52. The summed E-state index contributed by atoms with van der Waals surface area (Å²) in [6.45, 7) is 10.2. The number of aryl methyl sites for hydroxylation is 1. The summed E-state index contributed by atoms with van der Waals surface area (Å²) in [5.41, 5.74) is 3.72. The number of hydrogen-bond donors (Lipinski definition) is 0. The van der Waals surface area contributed by atoms with Crippen LogP contribution >= 0.6 is 0 Å². The number of ether oxygens (including phenoxy) is 2. The molecular weight excluding hydrogens is 326 g/mol. The number of nitrogens with zero attached hydrogens (tertiary/aromatic N) is 3. The van der Waals surface area contributed by atoms with E-state index in [1.54, 1.807) is 0 Å². The van der Waals surface area contributed by atoms with Gasteiger partial charge in [0.15, 0.2) is 11.5 Å². The molecule has 0 bridgehead atoms. The number of fused-ring (bicyclic) bond motifs is 1. The lowest BCUT2D eigenvalue weighted by Crippen LogP contribution is -2.31. The van der Waals surface area contributed by atoms with Crippen LogP contribution in [0.3, 0.4) is 0 Å². The second kappa shape index (κ2) is 8.99. The molecule has 1 aliphatic heterocycles. The van der Waals surface area contributed by atoms with Crippen LogP contribution in [0.1, 0.15) is 49.8 Å². The summed E-state index contributed by atoms with van der Waals surface area (Å²) in [4.78, 5) is 11.7. The lowest BCUT2D eigenvalue weighted by atomic mass is 10.1. The molecule has 1 aromatic heterocycles. The third-order valence-electron chi connectivity index (χ3n) is 4.55. The van der Waals surface area contributed by atoms with Crippen molar-refractivity contribution in [3.8, 4) is 11.5 Å². The summed E-state index contributed by atoms with van der Waals surface area (Å²) < 4.78 is 11.4. The molecule has 3 rings (SSSR count). The summed E-state index contributed by atoms with van der Waals surface area (Å²) in [5.74, 6) is 2.63. The van der Waals surface area contributed by atoms with Crippen molar-refractivity contribution in [2.75, 3.05) is 19.8 Å². The molecule has 26 heavy (non-hydrogen) atoms. The topological polar surface area (TPSA) is 47.5 Å². The second-order valence-electron chi connectivity index (χ2n) is 6.62. The first-order chi connectivity index (χ1) is 12.7. The quantitative estimate of drug-likeness (QED) is 0.721. The lowest BCUT2D eigenvalue weighted by Gasteiger charge is -2.28. The molecule has 0 radical (unpaired) electrons. The average molecular weight is 355 g/mol. The standard InChI is InChI=1S/C21H29N3O2/c1-4-7-21-22-13-17-15-24(11-10-18(17)23-21)14-16-8-9-19(25-5-2)20(12-16)26-6-3/h8-9,12-13H,4-7,10-11,14-15H2,1-3H3. The van der Waals surface area contributed by atoms with Crippen molar-refractivity contribution in [2.45, 2.75) is 53.1 Å². The molecule has 0 saturated carbocycles. The van der Waals surface area contributed by atoms with Gasteiger partial charge in [-0.1, -0.05) is 13.0 Å². The van der Waals surface area contributed by atoms with Gasteiger partial charge in [-0.25, -0.2) is 9.97 Å². The van der Waals surface area contributed by atoms with Gasteiger partial charge in [0.1, 0.15) is 5.82 Å². The van der Waals surface area contributed by atoms with Crippen LogP contribution in [-0.2, 0) is 25.9 Å². The first kappa shape index (κ1) is 18.6. The molecule has 0 N–H and O–H groups in total. The Kier molecular flexibility index (Phi) is 6.45. The van der Waals surface area contributed by atoms with E-state index < -0.39 is 0 Å². The maximum atomic E-state index is 5.75. The minimum absolute atomic E-state index is 0.637. The van der Waals surface area contributed by atoms with Crippen LogP contribution < -0.4 is 9.47 Å². The molecule has 5 heteroatoms. The highest BCUT2D eigenvalue weighted by Crippen LogP contribution is 2.29. The van der Waals surface area contributed by atoms with Gasteiger partial charge in [0.05, 0.1) is 13.2 Å². The van der Waals surface area contributed by atoms with Gasteiger partial charge in [0.2, 0.25) is 0 Å². The Hall–Kier alpha value is -2.14. The molecule has 140 valence electrons. The fraction of sp³-hybridized carbons (Fsp3) is 0.524. The normalized spacial score (nSPS) is 14.1. The zero-order valence-electron chi connectivity index (χ0n) is 16.1. The van der Waals surface area contributed by atoms with E-state index in [0.29, 0.717) is 13.2 Å².